The number of fused-ring (bicyclic) bond motifs is 2. The largest absolute Gasteiger partial charge is 0.508 e. The molecule has 0 saturated heterocycles. The maximum Gasteiger partial charge on any atom is 0.283 e. The number of carbonyl (C=O) groups excluding carboxylic acids is 1. The van der Waals surface area contributed by atoms with E-state index in [-0.39, 0.29) is 28.1 Å². The average Bonchev–Trinajstić information content (AvgIpc) is 3.02. The predicted molar refractivity (Wildman–Crippen MR) is 90.9 cm³/mol. The van der Waals surface area contributed by atoms with E-state index in [2.05, 4.69) is 4.99 Å². The maximum atomic E-state index is 12.5. The molecule has 0 radical (unpaired) electrons. The Balaban J connectivity index is 1.87. The van der Waals surface area contributed by atoms with Crippen molar-refractivity contribution in [1.82, 2.24) is 4.90 Å². The lowest BCUT2D eigenvalue weighted by Crippen LogP contribution is -2.35. The van der Waals surface area contributed by atoms with Gasteiger partial charge in [0.05, 0.1) is 16.5 Å². The minimum atomic E-state index is -0.585. The summed E-state index contributed by atoms with van der Waals surface area (Å²) in [5, 5.41) is 20.0. The Kier molecular flexibility index (Phi) is 3.14. The molecule has 0 unspecified atom stereocenters. The summed E-state index contributed by atoms with van der Waals surface area (Å²) in [4.78, 5) is 30.0. The van der Waals surface area contributed by atoms with Crippen LogP contribution in [0.15, 0.2) is 55.8 Å². The van der Waals surface area contributed by atoms with Crippen LogP contribution < -0.4 is 5.43 Å². The van der Waals surface area contributed by atoms with Gasteiger partial charge in [-0.25, -0.2) is 0 Å². The molecule has 7 nitrogen and oxygen atoms in total. The summed E-state index contributed by atoms with van der Waals surface area (Å²) < 4.78 is 5.37. The van der Waals surface area contributed by atoms with Crippen LogP contribution in [0.4, 0.5) is 0 Å². The maximum absolute atomic E-state index is 12.5. The number of aliphatic imine (C=N–C) groups is 1. The number of nitrogens with zero attached hydrogens (tertiary/aromatic N) is 2. The number of hydrogen-bond acceptors (Lipinski definition) is 6. The van der Waals surface area contributed by atoms with E-state index in [4.69, 9.17) is 9.83 Å². The zero-order valence-corrected chi connectivity index (χ0v) is 12.8. The fourth-order valence-corrected chi connectivity index (χ4v) is 3.13. The average molecular weight is 339 g/mol. The Hall–Kier alpha value is -3.13. The molecular formula is C16H9N3O4S. The van der Waals surface area contributed by atoms with E-state index in [1.807, 2.05) is 0 Å². The highest BCUT2D eigenvalue weighted by Crippen LogP contribution is 2.27. The molecule has 8 heteroatoms. The number of hydrogen-bond donors (Lipinski definition) is 2. The monoisotopic (exact) mass is 339 g/mol. The van der Waals surface area contributed by atoms with Gasteiger partial charge in [-0.05, 0) is 29.7 Å². The molecule has 2 aliphatic heterocycles. The second kappa shape index (κ2) is 5.20. The number of amides is 1. The van der Waals surface area contributed by atoms with E-state index in [0.717, 1.165) is 0 Å². The molecule has 3 heterocycles. The van der Waals surface area contributed by atoms with E-state index in [1.165, 1.54) is 47.2 Å². The molecule has 1 amide bonds. The number of rotatable bonds is 1. The third-order valence-electron chi connectivity index (χ3n) is 3.60. The number of amidine groups is 2. The minimum absolute atomic E-state index is 0.00213. The molecule has 2 aromatic rings. The smallest absolute Gasteiger partial charge is 0.283 e. The van der Waals surface area contributed by atoms with Crippen LogP contribution in [0.25, 0.3) is 17.0 Å². The number of carbonyl (C=O) groups is 1. The molecular weight excluding hydrogens is 330 g/mol. The highest BCUT2D eigenvalue weighted by Gasteiger charge is 2.31. The summed E-state index contributed by atoms with van der Waals surface area (Å²) in [7, 11) is 0. The van der Waals surface area contributed by atoms with Crippen molar-refractivity contribution < 1.29 is 14.3 Å². The summed E-state index contributed by atoms with van der Waals surface area (Å²) >= 11 is 1.25. The molecule has 1 aromatic heterocycles. The van der Waals surface area contributed by atoms with Crippen LogP contribution in [-0.2, 0) is 4.79 Å². The topological polar surface area (TPSA) is 107 Å². The molecule has 0 atom stereocenters. The normalized spacial score (nSPS) is 18.4. The van der Waals surface area contributed by atoms with Gasteiger partial charge >= 0.3 is 0 Å². The van der Waals surface area contributed by atoms with Gasteiger partial charge in [0, 0.05) is 6.20 Å². The van der Waals surface area contributed by atoms with Crippen LogP contribution in [-0.4, -0.2) is 26.9 Å². The number of phenols is 1. The fourth-order valence-electron chi connectivity index (χ4n) is 2.42. The molecule has 4 rings (SSSR count). The first-order chi connectivity index (χ1) is 11.5. The molecule has 118 valence electrons. The second-order valence-corrected chi connectivity index (χ2v) is 5.95. The summed E-state index contributed by atoms with van der Waals surface area (Å²) in [6, 6.07) is 4.20. The van der Waals surface area contributed by atoms with Gasteiger partial charge < -0.3 is 9.52 Å². The zero-order chi connectivity index (χ0) is 16.8. The first kappa shape index (κ1) is 14.5. The van der Waals surface area contributed by atoms with E-state index < -0.39 is 11.3 Å². The first-order valence-electron chi connectivity index (χ1n) is 6.85. The van der Waals surface area contributed by atoms with Crippen molar-refractivity contribution in [2.45, 2.75) is 0 Å². The number of aromatic hydroxyl groups is 1. The Morgan fingerprint density at radius 1 is 1.33 bits per heavy atom. The molecule has 1 aromatic carbocycles. The van der Waals surface area contributed by atoms with Crippen LogP contribution in [0.3, 0.4) is 0 Å². The molecule has 0 bridgehead atoms. The van der Waals surface area contributed by atoms with Gasteiger partial charge in [-0.1, -0.05) is 11.8 Å². The Labute approximate surface area is 139 Å². The lowest BCUT2D eigenvalue weighted by molar-refractivity contribution is -0.114. The number of benzene rings is 1. The molecule has 0 aliphatic carbocycles. The molecule has 2 aliphatic rings. The second-order valence-electron chi connectivity index (χ2n) is 5.08. The first-order valence-corrected chi connectivity index (χ1v) is 7.73. The third-order valence-corrected chi connectivity index (χ3v) is 4.35. The Bertz CT molecular complexity index is 1060. The number of nitrogens with one attached hydrogen (secondary N) is 1. The highest BCUT2D eigenvalue weighted by molar-refractivity contribution is 8.16. The van der Waals surface area contributed by atoms with Gasteiger partial charge in [0.15, 0.2) is 10.6 Å². The summed E-state index contributed by atoms with van der Waals surface area (Å²) in [5.41, 5.74) is 0.0268. The quantitative estimate of drug-likeness (QED) is 0.772. The molecule has 2 N–H and O–H groups in total. The zero-order valence-electron chi connectivity index (χ0n) is 12.0. The molecule has 0 spiro atoms. The van der Waals surface area contributed by atoms with Crippen molar-refractivity contribution in [3.8, 4) is 5.75 Å². The van der Waals surface area contributed by atoms with Gasteiger partial charge in [-0.15, -0.1) is 0 Å². The van der Waals surface area contributed by atoms with E-state index in [1.54, 1.807) is 11.6 Å². The number of phenolic OH excluding ortho intramolecular Hbond substituents is 1. The van der Waals surface area contributed by atoms with E-state index in [9.17, 15) is 14.7 Å². The number of thioether (sulfide) groups is 1. The lowest BCUT2D eigenvalue weighted by atomic mass is 10.1. The summed E-state index contributed by atoms with van der Waals surface area (Å²) in [5.74, 6) is -0.700. The van der Waals surface area contributed by atoms with E-state index in [0.29, 0.717) is 10.8 Å². The van der Waals surface area contributed by atoms with Crippen LogP contribution in [0.5, 0.6) is 5.75 Å². The molecule has 0 fully saturated rings. The third kappa shape index (κ3) is 2.16. The van der Waals surface area contributed by atoms with Crippen molar-refractivity contribution in [3.63, 3.8) is 0 Å². The summed E-state index contributed by atoms with van der Waals surface area (Å²) in [6.45, 7) is 0. The fraction of sp³-hybridized carbons (Fsp3) is 0. The molecule has 24 heavy (non-hydrogen) atoms. The van der Waals surface area contributed by atoms with Crippen molar-refractivity contribution >= 4 is 45.7 Å². The van der Waals surface area contributed by atoms with Crippen molar-refractivity contribution in [1.29, 1.82) is 5.41 Å². The van der Waals surface area contributed by atoms with Crippen molar-refractivity contribution in [2.24, 2.45) is 4.99 Å². The van der Waals surface area contributed by atoms with Gasteiger partial charge in [-0.3, -0.25) is 19.9 Å². The Morgan fingerprint density at radius 3 is 3.00 bits per heavy atom. The van der Waals surface area contributed by atoms with Crippen molar-refractivity contribution in [2.75, 3.05) is 0 Å². The standard InChI is InChI=1S/C16H9N3O4S/c17-14-11(15(22)18-16-19(14)3-4-24-16)5-8-7-23-12-2-1-9(20)6-10(12)13(8)21/h1-7,17,20H/b11-5+,17-14?. The van der Waals surface area contributed by atoms with E-state index >= 15 is 0 Å². The van der Waals surface area contributed by atoms with Gasteiger partial charge in [0.2, 0.25) is 0 Å². The lowest BCUT2D eigenvalue weighted by Gasteiger charge is -2.22. The Morgan fingerprint density at radius 2 is 2.17 bits per heavy atom. The van der Waals surface area contributed by atoms with Gasteiger partial charge in [0.1, 0.15) is 23.4 Å². The molecule has 0 saturated carbocycles. The summed E-state index contributed by atoms with van der Waals surface area (Å²) in [6.07, 6.45) is 4.15. The van der Waals surface area contributed by atoms with Crippen LogP contribution in [0.2, 0.25) is 0 Å². The predicted octanol–water partition coefficient (Wildman–Crippen LogP) is 2.28. The van der Waals surface area contributed by atoms with Crippen LogP contribution in [0, 0.1) is 5.41 Å². The van der Waals surface area contributed by atoms with Crippen LogP contribution >= 0.6 is 11.8 Å². The van der Waals surface area contributed by atoms with Crippen molar-refractivity contribution in [3.05, 3.63) is 57.4 Å². The van der Waals surface area contributed by atoms with Crippen LogP contribution in [0.1, 0.15) is 5.56 Å². The van der Waals surface area contributed by atoms with Gasteiger partial charge in [0.25, 0.3) is 5.91 Å². The van der Waals surface area contributed by atoms with Gasteiger partial charge in [-0.2, -0.15) is 4.99 Å². The SMILES string of the molecule is N=C1/C(=C\c2coc3ccc(O)cc3c2=O)C(=O)N=C2SC=CN12. The highest BCUT2D eigenvalue weighted by atomic mass is 32.2. The minimum Gasteiger partial charge on any atom is -0.508 e.